The zero-order valence-electron chi connectivity index (χ0n) is 74.9. The highest BCUT2D eigenvalue weighted by Crippen LogP contribution is 2.76. The molecule has 44 nitrogen and oxygen atoms in total. The molecule has 12 aliphatic rings. The minimum atomic E-state index is -2.61. The van der Waals surface area contributed by atoms with Gasteiger partial charge in [0, 0.05) is 11.5 Å². The smallest absolute Gasteiger partial charge is 0.331 e. The van der Waals surface area contributed by atoms with Crippen LogP contribution in [0.4, 0.5) is 0 Å². The molecule has 4 saturated carbocycles. The lowest BCUT2D eigenvalue weighted by Crippen LogP contribution is -2.71. The molecule has 1 aromatic rings. The fourth-order valence-corrected chi connectivity index (χ4v) is 22.8. The van der Waals surface area contributed by atoms with E-state index in [1.807, 2.05) is 33.8 Å². The first kappa shape index (κ1) is 103. The van der Waals surface area contributed by atoms with E-state index in [0.29, 0.717) is 17.6 Å². The van der Waals surface area contributed by atoms with Crippen molar-refractivity contribution in [3.63, 3.8) is 0 Å². The van der Waals surface area contributed by atoms with Crippen LogP contribution in [0.1, 0.15) is 139 Å². The Bertz CT molecular complexity index is 4200. The number of hydrogen-bond donors (Lipinski definition) is 20. The van der Waals surface area contributed by atoms with E-state index in [9.17, 15) is 121 Å². The second-order valence-electron chi connectivity index (χ2n) is 39.2. The Kier molecular flexibility index (Phi) is 31.0. The maximum Gasteiger partial charge on any atom is 0.331 e. The summed E-state index contributed by atoms with van der Waals surface area (Å²) in [6, 6.07) is 3.01. The number of carbonyl (C=O) groups excluding carboxylic acids is 3. The lowest BCUT2D eigenvalue weighted by molar-refractivity contribution is -0.398. The van der Waals surface area contributed by atoms with Gasteiger partial charge in [0.05, 0.1) is 108 Å². The van der Waals surface area contributed by atoms with Crippen LogP contribution in [0, 0.1) is 50.2 Å². The minimum absolute atomic E-state index is 0.0113. The standard InChI is InChI=1S/C87H130O44/c1-35-52(97)55(100)58(103)73(120-35)128-67-63(124-50(95)16-13-38-23-44(113-10)65(115-12)45(24-38)114-11)37(3)122-76(68(67)129-75-61(106)66(127-77-69(107)87(112,34-119-77)33-118-51(96)28-81(6,111)27-49(93)94)62(36(2)121-75)125-72-60(105)64(43(92)31-117-72)126-71-57(102)53(98)42(91)30-116-71)131-79(110)85-20-19-80(4,5)25-40(85)39-14-15-47-82(7)26-41(90)70(130-74-59(104)56(101)54(99)46(29-88)123-74)84(9,78(108)109)48(82)17-18-83(47,8)86(39,32-89)22-21-85/h13-14,16,23-24,35-37,40-43,46-48,52-64,66-77,88-92,97-107,111-112H,15,17-22,25-34H2,1-12H3,(H,93,94)(H,108,109). The van der Waals surface area contributed by atoms with E-state index in [2.05, 4.69) is 0 Å². The van der Waals surface area contributed by atoms with Crippen molar-refractivity contribution in [2.75, 3.05) is 61.0 Å². The van der Waals surface area contributed by atoms with Crippen LogP contribution in [0.3, 0.4) is 0 Å². The molecule has 42 unspecified atom stereocenters. The lowest BCUT2D eigenvalue weighted by Gasteiger charge is -2.71. The SMILES string of the molecule is COc1cc(C=CC(=O)OC2C(C)OC(OC(=O)C34CCC(C)(C)CC3C3=CCC5C6(C)CC(O)C(OC7OC(CO)C(O)C(O)C7O)C(C)(C(=O)O)C6CCC5(C)C3(CO)CC4)C(OC3OC(C)C(OC4OCC(O)C(OC5OCC(O)C(O)C5O)C4O)C(OC4OCC(O)(COC(=O)CC(C)(O)CC(=O)O)C4O)C3O)C2OC2OC(C)C(O)C(O)C2O)cc(OC)c1OC. The molecule has 5 aliphatic carbocycles. The highest BCUT2D eigenvalue weighted by molar-refractivity contribution is 5.87. The predicted molar refractivity (Wildman–Crippen MR) is 434 cm³/mol. The van der Waals surface area contributed by atoms with Gasteiger partial charge in [-0.3, -0.25) is 19.2 Å². The molecule has 0 radical (unpaired) electrons. The zero-order valence-corrected chi connectivity index (χ0v) is 74.9. The number of hydrogen-bond acceptors (Lipinski definition) is 42. The number of rotatable bonds is 29. The van der Waals surface area contributed by atoms with Gasteiger partial charge in [0.15, 0.2) is 67.0 Å². The fraction of sp³-hybridized carbons (Fsp3) is 0.828. The second-order valence-corrected chi connectivity index (χ2v) is 39.2. The number of ether oxygens (including phenoxy) is 19. The molecule has 0 amide bonds. The average Bonchev–Trinajstić information content (AvgIpc) is 1.000. The molecular formula is C87H130O44. The van der Waals surface area contributed by atoms with E-state index in [4.69, 9.17) is 90.0 Å². The first-order valence-electron chi connectivity index (χ1n) is 44.3. The summed E-state index contributed by atoms with van der Waals surface area (Å²) in [5.41, 5.74) is -11.0. The topological polar surface area (TPSA) is 665 Å². The highest BCUT2D eigenvalue weighted by Gasteiger charge is 2.75. The van der Waals surface area contributed by atoms with Crippen molar-refractivity contribution in [2.45, 2.75) is 341 Å². The summed E-state index contributed by atoms with van der Waals surface area (Å²) in [4.78, 5) is 70.5. The van der Waals surface area contributed by atoms with E-state index in [-0.39, 0.29) is 68.6 Å². The third-order valence-corrected chi connectivity index (χ3v) is 30.2. The number of benzene rings is 1. The van der Waals surface area contributed by atoms with Crippen molar-refractivity contribution >= 4 is 35.9 Å². The van der Waals surface area contributed by atoms with Gasteiger partial charge in [-0.1, -0.05) is 39.3 Å². The molecule has 7 heterocycles. The van der Waals surface area contributed by atoms with Crippen molar-refractivity contribution in [2.24, 2.45) is 50.2 Å². The maximum atomic E-state index is 16.8. The minimum Gasteiger partial charge on any atom is -0.493 e. The molecule has 13 rings (SSSR count). The first-order valence-corrected chi connectivity index (χ1v) is 44.3. The molecule has 742 valence electrons. The summed E-state index contributed by atoms with van der Waals surface area (Å²) < 4.78 is 116. The number of carbonyl (C=O) groups is 5. The summed E-state index contributed by atoms with van der Waals surface area (Å²) in [6.45, 7) is 9.88. The van der Waals surface area contributed by atoms with Crippen LogP contribution in [0.25, 0.3) is 6.08 Å². The van der Waals surface area contributed by atoms with Crippen LogP contribution in [-0.4, -0.2) is 401 Å². The van der Waals surface area contributed by atoms with Gasteiger partial charge in [0.25, 0.3) is 0 Å². The molecule has 11 fully saturated rings. The number of fused-ring (bicyclic) bond motifs is 7. The third kappa shape index (κ3) is 19.3. The Hall–Kier alpha value is -5.79. The van der Waals surface area contributed by atoms with Crippen molar-refractivity contribution in [3.05, 3.63) is 35.4 Å². The van der Waals surface area contributed by atoms with Gasteiger partial charge in [-0.2, -0.15) is 0 Å². The van der Waals surface area contributed by atoms with Crippen molar-refractivity contribution < 1.29 is 216 Å². The quantitative estimate of drug-likeness (QED) is 0.0119. The Morgan fingerprint density at radius 1 is 0.542 bits per heavy atom. The largest absolute Gasteiger partial charge is 0.493 e. The summed E-state index contributed by atoms with van der Waals surface area (Å²) in [6.07, 6.45) is -56.8. The number of carboxylic acid groups (broad SMARTS) is 2. The van der Waals surface area contributed by atoms with Crippen LogP contribution >= 0.6 is 0 Å². The van der Waals surface area contributed by atoms with Crippen LogP contribution in [-0.2, 0) is 99.8 Å². The van der Waals surface area contributed by atoms with Crippen LogP contribution < -0.4 is 14.2 Å². The maximum absolute atomic E-state index is 16.8. The molecule has 1 aromatic carbocycles. The molecule has 131 heavy (non-hydrogen) atoms. The Balaban J connectivity index is 0.877. The summed E-state index contributed by atoms with van der Waals surface area (Å²) >= 11 is 0. The van der Waals surface area contributed by atoms with E-state index in [1.165, 1.54) is 67.2 Å². The molecule has 44 heteroatoms. The van der Waals surface area contributed by atoms with Gasteiger partial charge < -0.3 is 192 Å². The van der Waals surface area contributed by atoms with Crippen molar-refractivity contribution in [1.29, 1.82) is 0 Å². The van der Waals surface area contributed by atoms with Crippen LogP contribution in [0.15, 0.2) is 29.9 Å². The monoisotopic (exact) mass is 1880 g/mol. The molecule has 0 aromatic heterocycles. The molecule has 42 atom stereocenters. The van der Waals surface area contributed by atoms with Crippen LogP contribution in [0.5, 0.6) is 17.2 Å². The van der Waals surface area contributed by atoms with Gasteiger partial charge in [-0.15, -0.1) is 0 Å². The zero-order chi connectivity index (χ0) is 96.0. The second kappa shape index (κ2) is 39.6. The fourth-order valence-electron chi connectivity index (χ4n) is 22.8. The van der Waals surface area contributed by atoms with Crippen LogP contribution in [0.2, 0.25) is 0 Å². The first-order chi connectivity index (χ1) is 61.5. The van der Waals surface area contributed by atoms with E-state index in [0.717, 1.165) is 13.0 Å². The number of methoxy groups -OCH3 is 3. The number of aliphatic carboxylic acids is 2. The number of carboxylic acids is 2. The van der Waals surface area contributed by atoms with E-state index >= 15 is 4.79 Å². The average molecular weight is 1880 g/mol. The van der Waals surface area contributed by atoms with E-state index < -0.39 is 340 Å². The van der Waals surface area contributed by atoms with Crippen molar-refractivity contribution in [1.82, 2.24) is 0 Å². The van der Waals surface area contributed by atoms with Gasteiger partial charge in [-0.05, 0) is 150 Å². The molecule has 20 N–H and O–H groups in total. The van der Waals surface area contributed by atoms with Crippen molar-refractivity contribution in [3.8, 4) is 17.2 Å². The Labute approximate surface area is 753 Å². The number of esters is 3. The number of aliphatic hydroxyl groups is 18. The molecule has 0 spiro atoms. The number of aliphatic hydroxyl groups excluding tert-OH is 16. The summed E-state index contributed by atoms with van der Waals surface area (Å²) in [5, 5.41) is 226. The Morgan fingerprint density at radius 2 is 1.11 bits per heavy atom. The molecule has 7 aliphatic heterocycles. The predicted octanol–water partition coefficient (Wildman–Crippen LogP) is -4.10. The number of allylic oxidation sites excluding steroid dienone is 1. The van der Waals surface area contributed by atoms with Gasteiger partial charge >= 0.3 is 29.8 Å². The normalized spacial score (nSPS) is 46.8. The summed E-state index contributed by atoms with van der Waals surface area (Å²) in [5.74, 6) is -7.67. The molecule has 7 saturated heterocycles. The molecular weight excluding hydrogens is 1750 g/mol. The van der Waals surface area contributed by atoms with Gasteiger partial charge in [-0.25, -0.2) is 4.79 Å². The van der Waals surface area contributed by atoms with Gasteiger partial charge in [0.1, 0.15) is 123 Å². The third-order valence-electron chi connectivity index (χ3n) is 30.2. The Morgan fingerprint density at radius 3 is 1.74 bits per heavy atom. The van der Waals surface area contributed by atoms with E-state index in [1.54, 1.807) is 0 Å². The lowest BCUT2D eigenvalue weighted by atomic mass is 9.33. The van der Waals surface area contributed by atoms with Gasteiger partial charge in [0.2, 0.25) is 12.0 Å². The molecule has 0 bridgehead atoms. The summed E-state index contributed by atoms with van der Waals surface area (Å²) in [7, 11) is 4.11. The highest BCUT2D eigenvalue weighted by atomic mass is 16.8.